The minimum Gasteiger partial charge on any atom is -0.482 e. The fraction of sp³-hybridized carbons (Fsp3) is 0.273. The Labute approximate surface area is 166 Å². The minimum atomic E-state index is -0.706. The Morgan fingerprint density at radius 1 is 1.21 bits per heavy atom. The summed E-state index contributed by atoms with van der Waals surface area (Å²) in [5, 5.41) is 4.05. The van der Waals surface area contributed by atoms with Crippen LogP contribution < -0.4 is 10.1 Å². The number of halogens is 1. The second kappa shape index (κ2) is 6.34. The molecule has 3 heterocycles. The molecule has 1 spiro atoms. The van der Waals surface area contributed by atoms with Crippen molar-refractivity contribution in [3.8, 4) is 5.75 Å². The van der Waals surface area contributed by atoms with Crippen LogP contribution in [0.3, 0.4) is 0 Å². The van der Waals surface area contributed by atoms with E-state index in [9.17, 15) is 14.0 Å². The van der Waals surface area contributed by atoms with E-state index >= 15 is 0 Å². The summed E-state index contributed by atoms with van der Waals surface area (Å²) in [5.74, 6) is -0.221. The number of carbonyl (C=O) groups excluding carboxylic acids is 2. The molecule has 3 aromatic rings. The molecule has 0 aliphatic carbocycles. The van der Waals surface area contributed by atoms with Crippen LogP contribution in [0.4, 0.5) is 9.18 Å². The first-order valence-electron chi connectivity index (χ1n) is 9.51. The largest absolute Gasteiger partial charge is 0.482 e. The lowest BCUT2D eigenvalue weighted by molar-refractivity contribution is -0.0597. The molecule has 0 unspecified atom stereocenters. The van der Waals surface area contributed by atoms with Gasteiger partial charge in [-0.25, -0.2) is 9.18 Å². The molecule has 2 aromatic carbocycles. The number of aromatic nitrogens is 1. The molecule has 2 aliphatic heterocycles. The van der Waals surface area contributed by atoms with Crippen LogP contribution in [0.5, 0.6) is 5.75 Å². The van der Waals surface area contributed by atoms with Gasteiger partial charge in [0, 0.05) is 25.3 Å². The molecule has 0 radical (unpaired) electrons. The van der Waals surface area contributed by atoms with E-state index < -0.39 is 11.4 Å². The normalized spacial score (nSPS) is 17.0. The van der Waals surface area contributed by atoms with E-state index in [1.165, 1.54) is 18.2 Å². The molecule has 1 N–H and O–H groups in total. The monoisotopic (exact) mass is 393 g/mol. The van der Waals surface area contributed by atoms with Gasteiger partial charge in [0.05, 0.1) is 25.1 Å². The molecule has 1 fully saturated rings. The summed E-state index contributed by atoms with van der Waals surface area (Å²) in [6, 6.07) is 11.9. The van der Waals surface area contributed by atoms with Crippen molar-refractivity contribution in [2.45, 2.75) is 18.6 Å². The quantitative estimate of drug-likeness (QED) is 0.727. The second-order valence-electron chi connectivity index (χ2n) is 7.86. The molecule has 29 heavy (non-hydrogen) atoms. The van der Waals surface area contributed by atoms with E-state index in [1.54, 1.807) is 4.90 Å². The summed E-state index contributed by atoms with van der Waals surface area (Å²) in [6.45, 7) is 1.09. The summed E-state index contributed by atoms with van der Waals surface area (Å²) in [5.41, 5.74) is 1.73. The van der Waals surface area contributed by atoms with Crippen molar-refractivity contribution in [3.05, 3.63) is 65.6 Å². The van der Waals surface area contributed by atoms with Crippen LogP contribution >= 0.6 is 0 Å². The topological polar surface area (TPSA) is 63.6 Å². The number of fused-ring (bicyclic) bond motifs is 2. The van der Waals surface area contributed by atoms with Crippen LogP contribution in [0.25, 0.3) is 10.9 Å². The Morgan fingerprint density at radius 3 is 2.86 bits per heavy atom. The van der Waals surface area contributed by atoms with E-state index in [0.29, 0.717) is 25.4 Å². The molecule has 148 valence electrons. The lowest BCUT2D eigenvalue weighted by Crippen LogP contribution is -2.69. The van der Waals surface area contributed by atoms with Gasteiger partial charge in [0.2, 0.25) is 0 Å². The predicted octanol–water partition coefficient (Wildman–Crippen LogP) is 3.25. The fourth-order valence-electron chi connectivity index (χ4n) is 4.17. The highest BCUT2D eigenvalue weighted by Gasteiger charge is 2.51. The van der Waals surface area contributed by atoms with Gasteiger partial charge >= 0.3 is 6.03 Å². The number of nitrogens with zero attached hydrogens (tertiary/aromatic N) is 2. The molecule has 2 amide bonds. The Kier molecular flexibility index (Phi) is 3.87. The third-order valence-electron chi connectivity index (χ3n) is 5.69. The van der Waals surface area contributed by atoms with E-state index in [4.69, 9.17) is 4.74 Å². The van der Waals surface area contributed by atoms with Gasteiger partial charge in [-0.05, 0) is 47.3 Å². The molecule has 1 saturated heterocycles. The molecule has 1 aromatic heterocycles. The van der Waals surface area contributed by atoms with Crippen molar-refractivity contribution in [1.29, 1.82) is 0 Å². The zero-order valence-electron chi connectivity index (χ0n) is 15.9. The summed E-state index contributed by atoms with van der Waals surface area (Å²) in [6.07, 6.45) is 2.16. The average Bonchev–Trinajstić information content (AvgIpc) is 3.05. The lowest BCUT2D eigenvalue weighted by Gasteiger charge is -2.50. The molecule has 0 saturated carbocycles. The Hall–Kier alpha value is -3.35. The summed E-state index contributed by atoms with van der Waals surface area (Å²) in [4.78, 5) is 26.5. The molecule has 0 bridgehead atoms. The fourth-order valence-corrected chi connectivity index (χ4v) is 4.17. The summed E-state index contributed by atoms with van der Waals surface area (Å²) >= 11 is 0. The molecule has 2 aliphatic rings. The van der Waals surface area contributed by atoms with Gasteiger partial charge in [-0.15, -0.1) is 0 Å². The highest BCUT2D eigenvalue weighted by atomic mass is 19.1. The van der Waals surface area contributed by atoms with Crippen molar-refractivity contribution in [2.24, 2.45) is 7.05 Å². The number of hydrogen-bond acceptors (Lipinski definition) is 3. The molecule has 5 rings (SSSR count). The molecule has 0 atom stereocenters. The number of likely N-dealkylation sites (tertiary alicyclic amines) is 1. The SMILES string of the molecule is Cn1ccc2cc(CNC(=O)N3CC4(CC(=O)c5cc(F)ccc5O4)C3)ccc21. The first-order valence-corrected chi connectivity index (χ1v) is 9.51. The predicted molar refractivity (Wildman–Crippen MR) is 105 cm³/mol. The van der Waals surface area contributed by atoms with Gasteiger partial charge in [-0.3, -0.25) is 4.79 Å². The average molecular weight is 393 g/mol. The smallest absolute Gasteiger partial charge is 0.317 e. The van der Waals surface area contributed by atoms with Gasteiger partial charge in [0.15, 0.2) is 11.4 Å². The Balaban J connectivity index is 1.21. The first-order chi connectivity index (χ1) is 13.9. The van der Waals surface area contributed by atoms with Crippen LogP contribution in [0, 0.1) is 5.82 Å². The van der Waals surface area contributed by atoms with Crippen LogP contribution in [-0.2, 0) is 13.6 Å². The maximum atomic E-state index is 13.4. The number of ketones is 1. The number of ether oxygens (including phenoxy) is 1. The van der Waals surface area contributed by atoms with E-state index in [0.717, 1.165) is 16.5 Å². The van der Waals surface area contributed by atoms with Crippen LogP contribution in [-0.4, -0.2) is 40.0 Å². The maximum absolute atomic E-state index is 13.4. The Morgan fingerprint density at radius 2 is 2.03 bits per heavy atom. The zero-order valence-corrected chi connectivity index (χ0v) is 15.9. The van der Waals surface area contributed by atoms with Crippen molar-refractivity contribution in [2.75, 3.05) is 13.1 Å². The summed E-state index contributed by atoms with van der Waals surface area (Å²) in [7, 11) is 2.00. The number of carbonyl (C=O) groups is 2. The van der Waals surface area contributed by atoms with Crippen LogP contribution in [0.15, 0.2) is 48.7 Å². The first kappa shape index (κ1) is 17.7. The number of urea groups is 1. The van der Waals surface area contributed by atoms with E-state index in [-0.39, 0.29) is 23.8 Å². The van der Waals surface area contributed by atoms with Gasteiger partial charge < -0.3 is 19.5 Å². The minimum absolute atomic E-state index is 0.151. The van der Waals surface area contributed by atoms with Crippen molar-refractivity contribution in [1.82, 2.24) is 14.8 Å². The van der Waals surface area contributed by atoms with Gasteiger partial charge in [-0.1, -0.05) is 6.07 Å². The van der Waals surface area contributed by atoms with Gasteiger partial charge in [0.1, 0.15) is 11.6 Å². The highest BCUT2D eigenvalue weighted by molar-refractivity contribution is 6.00. The molecular formula is C22H20FN3O3. The number of aryl methyl sites for hydroxylation is 1. The third kappa shape index (κ3) is 3.03. The molecular weight excluding hydrogens is 373 g/mol. The number of amides is 2. The van der Waals surface area contributed by atoms with E-state index in [2.05, 4.69) is 16.0 Å². The second-order valence-corrected chi connectivity index (χ2v) is 7.86. The van der Waals surface area contributed by atoms with Gasteiger partial charge in [0.25, 0.3) is 0 Å². The lowest BCUT2D eigenvalue weighted by atomic mass is 9.84. The number of rotatable bonds is 2. The van der Waals surface area contributed by atoms with E-state index in [1.807, 2.05) is 31.4 Å². The number of nitrogens with one attached hydrogen (secondary N) is 1. The van der Waals surface area contributed by atoms with Crippen molar-refractivity contribution >= 4 is 22.7 Å². The standard InChI is InChI=1S/C22H20FN3O3/c1-25-7-6-15-8-14(2-4-18(15)25)11-24-21(28)26-12-22(13-26)10-19(27)17-9-16(23)3-5-20(17)29-22/h2-9H,10-13H2,1H3,(H,24,28). The molecule has 7 heteroatoms. The van der Waals surface area contributed by atoms with Crippen LogP contribution in [0.1, 0.15) is 22.3 Å². The van der Waals surface area contributed by atoms with Crippen molar-refractivity contribution in [3.63, 3.8) is 0 Å². The van der Waals surface area contributed by atoms with Crippen molar-refractivity contribution < 1.29 is 18.7 Å². The number of Topliss-reactive ketones (excluding diaryl/α,β-unsaturated/α-hetero) is 1. The highest BCUT2D eigenvalue weighted by Crippen LogP contribution is 2.39. The number of hydrogen-bond donors (Lipinski definition) is 1. The maximum Gasteiger partial charge on any atom is 0.317 e. The Bertz CT molecular complexity index is 1150. The third-order valence-corrected chi connectivity index (χ3v) is 5.69. The van der Waals surface area contributed by atoms with Gasteiger partial charge in [-0.2, -0.15) is 0 Å². The number of benzene rings is 2. The molecule has 6 nitrogen and oxygen atoms in total. The summed E-state index contributed by atoms with van der Waals surface area (Å²) < 4.78 is 21.4. The van der Waals surface area contributed by atoms with Crippen LogP contribution in [0.2, 0.25) is 0 Å². The zero-order chi connectivity index (χ0) is 20.2.